The van der Waals surface area contributed by atoms with E-state index in [2.05, 4.69) is 16.9 Å². The number of hydrogen-bond donors (Lipinski definition) is 4. The molecule has 50 heavy (non-hydrogen) atoms. The fourth-order valence-corrected chi connectivity index (χ4v) is 7.88. The summed E-state index contributed by atoms with van der Waals surface area (Å²) in [5.74, 6) is -1.99. The minimum absolute atomic E-state index is 0.0549. The monoisotopic (exact) mass is 724 g/mol. The smallest absolute Gasteiger partial charge is 0.418 e. The molecule has 1 aromatic carbocycles. The van der Waals surface area contributed by atoms with Crippen LogP contribution in [-0.2, 0) is 20.5 Å². The molecule has 0 spiro atoms. The molecule has 3 heterocycles. The van der Waals surface area contributed by atoms with E-state index in [1.165, 1.54) is 28.6 Å². The number of carbonyl (C=O) groups is 2. The highest BCUT2D eigenvalue weighted by molar-refractivity contribution is 7.98. The maximum atomic E-state index is 13.6. The minimum atomic E-state index is -4.64. The second kappa shape index (κ2) is 15.4. The van der Waals surface area contributed by atoms with Crippen molar-refractivity contribution in [3.8, 4) is 5.69 Å². The largest absolute Gasteiger partial charge is 0.458 e. The summed E-state index contributed by atoms with van der Waals surface area (Å²) in [4.78, 5) is 29.1. The van der Waals surface area contributed by atoms with E-state index in [0.717, 1.165) is 18.9 Å². The number of aromatic nitrogens is 2. The molecule has 8 atom stereocenters. The van der Waals surface area contributed by atoms with E-state index >= 15 is 0 Å². The summed E-state index contributed by atoms with van der Waals surface area (Å²) in [6.45, 7) is 10.9. The standard InChI is InChI=1S/C36H51F3N4O6S/c1-20-9-8-12-35(6)28(42(35)13-14-44)18-27(49-31(46)19-29(45)34(4,5)33(48)22(3)32(20)47)21(2)15-23-16-30(50-7)43(41-23)24-10-11-26(40)25(17-24)36(37,38)39/h10-11,15-17,20,22,27-29,32,44-45,47H,8-9,12-14,18-19,40H2,1-7H3/b21-15+/t20-,22+,27-,28-,29-,32-,35+,42?/m0/s1. The summed E-state index contributed by atoms with van der Waals surface area (Å²) < 4.78 is 48.3. The molecular weight excluding hydrogens is 673 g/mol. The van der Waals surface area contributed by atoms with Crippen molar-refractivity contribution in [2.75, 3.05) is 25.1 Å². The van der Waals surface area contributed by atoms with Crippen molar-refractivity contribution in [3.05, 3.63) is 41.1 Å². The van der Waals surface area contributed by atoms with Crippen molar-refractivity contribution >= 4 is 35.3 Å². The zero-order chi connectivity index (χ0) is 37.3. The molecular formula is C36H51F3N4O6S. The number of β-amino-alcohol motifs (C(OH)–C–C–N with tert-alkyl or cyclic N) is 1. The number of carbonyl (C=O) groups excluding carboxylic acids is 2. The van der Waals surface area contributed by atoms with Crippen LogP contribution in [-0.4, -0.2) is 91.1 Å². The number of fused-ring (bicyclic) bond motifs is 1. The second-order valence-electron chi connectivity index (χ2n) is 14.6. The molecule has 2 aliphatic heterocycles. The molecule has 5 N–H and O–H groups in total. The quantitative estimate of drug-likeness (QED) is 0.130. The first-order chi connectivity index (χ1) is 23.3. The van der Waals surface area contributed by atoms with Gasteiger partial charge in [0.1, 0.15) is 16.9 Å². The summed E-state index contributed by atoms with van der Waals surface area (Å²) in [5.41, 5.74) is 3.86. The predicted molar refractivity (Wildman–Crippen MR) is 186 cm³/mol. The number of ketones is 1. The Bertz CT molecular complexity index is 1580. The van der Waals surface area contributed by atoms with E-state index in [9.17, 15) is 38.1 Å². The van der Waals surface area contributed by atoms with Crippen molar-refractivity contribution in [1.29, 1.82) is 0 Å². The molecule has 2 aliphatic rings. The van der Waals surface area contributed by atoms with Gasteiger partial charge >= 0.3 is 12.1 Å². The lowest BCUT2D eigenvalue weighted by Crippen LogP contribution is -2.45. The van der Waals surface area contributed by atoms with Crippen molar-refractivity contribution in [2.45, 2.75) is 115 Å². The number of cyclic esters (lactones) is 1. The van der Waals surface area contributed by atoms with Crippen molar-refractivity contribution in [2.24, 2.45) is 17.3 Å². The molecule has 2 aromatic rings. The lowest BCUT2D eigenvalue weighted by molar-refractivity contribution is -0.154. The van der Waals surface area contributed by atoms with Crippen LogP contribution in [0.4, 0.5) is 18.9 Å². The van der Waals surface area contributed by atoms with Crippen LogP contribution in [0.1, 0.15) is 84.9 Å². The van der Waals surface area contributed by atoms with Crippen LogP contribution in [0.3, 0.4) is 0 Å². The molecule has 278 valence electrons. The van der Waals surface area contributed by atoms with E-state index < -0.39 is 59.5 Å². The second-order valence-corrected chi connectivity index (χ2v) is 15.5. The zero-order valence-electron chi connectivity index (χ0n) is 29.8. The number of rotatable bonds is 6. The van der Waals surface area contributed by atoms with E-state index in [4.69, 9.17) is 10.5 Å². The van der Waals surface area contributed by atoms with Gasteiger partial charge in [-0.2, -0.15) is 18.3 Å². The summed E-state index contributed by atoms with van der Waals surface area (Å²) in [6, 6.07) is 5.28. The summed E-state index contributed by atoms with van der Waals surface area (Å²) in [5, 5.41) is 37.2. The SMILES string of the molecule is CSc1cc(/C=C(\C)[C@@H]2C[C@@H]3N(CCO)[C@]3(C)CCC[C@H](C)[C@H](O)[C@@H](C)C(=O)C(C)(C)[C@@H](O)CC(=O)O2)nn1-c1ccc(N)c(C(F)(F)F)c1. The van der Waals surface area contributed by atoms with Gasteiger partial charge in [0.25, 0.3) is 0 Å². The Morgan fingerprint density at radius 2 is 1.86 bits per heavy atom. The minimum Gasteiger partial charge on any atom is -0.458 e. The molecule has 0 radical (unpaired) electrons. The number of aliphatic hydroxyl groups excluding tert-OH is 3. The van der Waals surface area contributed by atoms with Gasteiger partial charge in [0.2, 0.25) is 0 Å². The fraction of sp³-hybridized carbons (Fsp3) is 0.639. The van der Waals surface area contributed by atoms with Crippen LogP contribution in [0.15, 0.2) is 34.9 Å². The number of nitrogen functional groups attached to an aromatic ring is 1. The van der Waals surface area contributed by atoms with Gasteiger partial charge in [0.15, 0.2) is 0 Å². The number of thioether (sulfide) groups is 1. The topological polar surface area (TPSA) is 151 Å². The average molecular weight is 725 g/mol. The lowest BCUT2D eigenvalue weighted by atomic mass is 9.73. The fourth-order valence-electron chi connectivity index (χ4n) is 7.32. The molecule has 0 aliphatic carbocycles. The molecule has 2 saturated heterocycles. The van der Waals surface area contributed by atoms with Crippen LogP contribution in [0.25, 0.3) is 11.8 Å². The predicted octanol–water partition coefficient (Wildman–Crippen LogP) is 5.50. The van der Waals surface area contributed by atoms with E-state index in [-0.39, 0.29) is 35.6 Å². The Morgan fingerprint density at radius 1 is 1.18 bits per heavy atom. The first-order valence-corrected chi connectivity index (χ1v) is 18.3. The van der Waals surface area contributed by atoms with Gasteiger partial charge in [-0.15, -0.1) is 11.8 Å². The number of ether oxygens (including phenoxy) is 1. The number of benzene rings is 1. The Kier molecular flexibility index (Phi) is 12.3. The maximum Gasteiger partial charge on any atom is 0.418 e. The number of Topliss-reactive ketones (excluding diaryl/α,β-unsaturated/α-hetero) is 1. The van der Waals surface area contributed by atoms with Crippen LogP contribution in [0, 0.1) is 17.3 Å². The molecule has 10 nitrogen and oxygen atoms in total. The summed E-state index contributed by atoms with van der Waals surface area (Å²) >= 11 is 1.30. The van der Waals surface area contributed by atoms with Gasteiger partial charge < -0.3 is 25.8 Å². The van der Waals surface area contributed by atoms with Crippen LogP contribution < -0.4 is 5.73 Å². The molecule has 0 amide bonds. The molecule has 14 heteroatoms. The van der Waals surface area contributed by atoms with E-state index in [0.29, 0.717) is 35.7 Å². The number of nitrogens with two attached hydrogens (primary N) is 1. The highest BCUT2D eigenvalue weighted by Gasteiger charge is 2.58. The van der Waals surface area contributed by atoms with Gasteiger partial charge in [-0.1, -0.05) is 34.1 Å². The summed E-state index contributed by atoms with van der Waals surface area (Å²) in [7, 11) is 0. The zero-order valence-corrected chi connectivity index (χ0v) is 30.6. The van der Waals surface area contributed by atoms with Gasteiger partial charge in [0.05, 0.1) is 47.6 Å². The van der Waals surface area contributed by atoms with Crippen LogP contribution in [0.5, 0.6) is 0 Å². The molecule has 0 saturated carbocycles. The number of hydrogen-bond acceptors (Lipinski definition) is 10. The molecule has 0 bridgehead atoms. The third-order valence-corrected chi connectivity index (χ3v) is 11.5. The Hall–Kier alpha value is -2.91. The molecule has 1 unspecified atom stereocenters. The van der Waals surface area contributed by atoms with Crippen LogP contribution >= 0.6 is 11.8 Å². The normalized spacial score (nSPS) is 31.6. The van der Waals surface area contributed by atoms with E-state index in [1.807, 2.05) is 6.92 Å². The molecule has 2 fully saturated rings. The molecule has 1 aromatic heterocycles. The maximum absolute atomic E-state index is 13.6. The Morgan fingerprint density at radius 3 is 2.48 bits per heavy atom. The van der Waals surface area contributed by atoms with Crippen LogP contribution in [0.2, 0.25) is 0 Å². The number of anilines is 1. The number of halogens is 3. The van der Waals surface area contributed by atoms with Gasteiger partial charge in [-0.25, -0.2) is 4.68 Å². The molecule has 4 rings (SSSR count). The number of aliphatic hydroxyl groups is 3. The number of nitrogens with zero attached hydrogens (tertiary/aromatic N) is 3. The number of esters is 1. The summed E-state index contributed by atoms with van der Waals surface area (Å²) in [6.07, 6.45) is -2.08. The third-order valence-electron chi connectivity index (χ3n) is 10.8. The average Bonchev–Trinajstić information content (AvgIpc) is 3.35. The van der Waals surface area contributed by atoms with Crippen molar-refractivity contribution in [1.82, 2.24) is 14.7 Å². The van der Waals surface area contributed by atoms with Gasteiger partial charge in [-0.3, -0.25) is 14.5 Å². The first-order valence-electron chi connectivity index (χ1n) is 17.0. The lowest BCUT2D eigenvalue weighted by Gasteiger charge is -2.34. The Labute approximate surface area is 296 Å². The van der Waals surface area contributed by atoms with Crippen molar-refractivity contribution < 1.29 is 42.8 Å². The Balaban J connectivity index is 1.70. The van der Waals surface area contributed by atoms with E-state index in [1.54, 1.807) is 46.1 Å². The first kappa shape index (κ1) is 39.9. The number of alkyl halides is 3. The highest BCUT2D eigenvalue weighted by atomic mass is 32.2. The van der Waals surface area contributed by atoms with Crippen molar-refractivity contribution in [3.63, 3.8) is 0 Å². The third kappa shape index (κ3) is 8.41. The highest BCUT2D eigenvalue weighted by Crippen LogP contribution is 2.48. The van der Waals surface area contributed by atoms with Gasteiger partial charge in [-0.05, 0) is 74.8 Å². The van der Waals surface area contributed by atoms with Gasteiger partial charge in [0, 0.05) is 36.2 Å².